The molecule has 0 aliphatic heterocycles. The van der Waals surface area contributed by atoms with Crippen molar-refractivity contribution >= 4 is 11.6 Å². The highest BCUT2D eigenvalue weighted by atomic mass is 35.5. The molecule has 3 heteroatoms. The van der Waals surface area contributed by atoms with Crippen molar-refractivity contribution in [3.05, 3.63) is 34.9 Å². The molecule has 1 N–H and O–H groups in total. The Morgan fingerprint density at radius 2 is 2.06 bits per heavy atom. The van der Waals surface area contributed by atoms with Gasteiger partial charge in [-0.25, -0.2) is 0 Å². The molecule has 0 saturated carbocycles. The van der Waals surface area contributed by atoms with Crippen LogP contribution in [0.25, 0.3) is 0 Å². The van der Waals surface area contributed by atoms with Gasteiger partial charge in [-0.1, -0.05) is 36.7 Å². The molecule has 1 unspecified atom stereocenters. The predicted octanol–water partition coefficient (Wildman–Crippen LogP) is 3.46. The summed E-state index contributed by atoms with van der Waals surface area (Å²) in [6.45, 7) is 4.69. The minimum atomic E-state index is 0.422. The lowest BCUT2D eigenvalue weighted by molar-refractivity contribution is 0.127. The molecule has 0 amide bonds. The van der Waals surface area contributed by atoms with Crippen LogP contribution in [0.4, 0.5) is 0 Å². The van der Waals surface area contributed by atoms with Crippen LogP contribution < -0.4 is 5.32 Å². The third-order valence-electron chi connectivity index (χ3n) is 2.75. The van der Waals surface area contributed by atoms with E-state index in [9.17, 15) is 0 Å². The number of nitrogens with one attached hydrogen (secondary N) is 1. The van der Waals surface area contributed by atoms with Crippen LogP contribution >= 0.6 is 11.6 Å². The molecule has 0 fully saturated rings. The van der Waals surface area contributed by atoms with Gasteiger partial charge in [-0.05, 0) is 37.4 Å². The lowest BCUT2D eigenvalue weighted by Crippen LogP contribution is -2.19. The van der Waals surface area contributed by atoms with Crippen molar-refractivity contribution in [3.63, 3.8) is 0 Å². The van der Waals surface area contributed by atoms with Crippen molar-refractivity contribution in [2.75, 3.05) is 26.8 Å². The Balaban J connectivity index is 2.56. The molecule has 2 nitrogen and oxygen atoms in total. The topological polar surface area (TPSA) is 21.3 Å². The Hall–Kier alpha value is -0.570. The normalized spacial score (nSPS) is 12.6. The van der Waals surface area contributed by atoms with Crippen LogP contribution in [0.3, 0.4) is 0 Å². The molecule has 0 saturated heterocycles. The first-order valence-electron chi connectivity index (χ1n) is 6.26. The molecule has 0 aliphatic carbocycles. The van der Waals surface area contributed by atoms with E-state index in [1.54, 1.807) is 0 Å². The fourth-order valence-corrected chi connectivity index (χ4v) is 2.18. The van der Waals surface area contributed by atoms with Gasteiger partial charge in [0.2, 0.25) is 0 Å². The quantitative estimate of drug-likeness (QED) is 0.719. The fraction of sp³-hybridized carbons (Fsp3) is 0.571. The lowest BCUT2D eigenvalue weighted by atomic mass is 9.96. The van der Waals surface area contributed by atoms with Gasteiger partial charge in [-0.2, -0.15) is 0 Å². The first kappa shape index (κ1) is 14.5. The molecule has 1 rings (SSSR count). The summed E-state index contributed by atoms with van der Waals surface area (Å²) in [6.07, 6.45) is 2.08. The number of rotatable bonds is 8. The maximum Gasteiger partial charge on any atom is 0.0472 e. The second-order valence-corrected chi connectivity index (χ2v) is 4.58. The Bertz CT molecular complexity index is 317. The van der Waals surface area contributed by atoms with E-state index in [1.165, 1.54) is 5.56 Å². The molecule has 0 heterocycles. The van der Waals surface area contributed by atoms with E-state index < -0.39 is 0 Å². The van der Waals surface area contributed by atoms with Crippen molar-refractivity contribution in [1.82, 2.24) is 5.32 Å². The van der Waals surface area contributed by atoms with Crippen LogP contribution in [0.2, 0.25) is 5.02 Å². The molecule has 96 valence electrons. The van der Waals surface area contributed by atoms with Gasteiger partial charge in [0.05, 0.1) is 0 Å². The summed E-state index contributed by atoms with van der Waals surface area (Å²) < 4.78 is 5.55. The smallest absolute Gasteiger partial charge is 0.0472 e. The van der Waals surface area contributed by atoms with E-state index in [2.05, 4.69) is 18.3 Å². The highest BCUT2D eigenvalue weighted by Gasteiger charge is 2.13. The minimum absolute atomic E-state index is 0.422. The molecule has 17 heavy (non-hydrogen) atoms. The molecule has 0 aliphatic rings. The molecule has 0 spiro atoms. The zero-order valence-corrected chi connectivity index (χ0v) is 11.5. The first-order valence-corrected chi connectivity index (χ1v) is 6.64. The molecular weight excluding hydrogens is 234 g/mol. The zero-order valence-electron chi connectivity index (χ0n) is 10.7. The van der Waals surface area contributed by atoms with Crippen LogP contribution in [-0.2, 0) is 4.74 Å². The van der Waals surface area contributed by atoms with Gasteiger partial charge in [-0.3, -0.25) is 0 Å². The van der Waals surface area contributed by atoms with Crippen molar-refractivity contribution < 1.29 is 4.74 Å². The Morgan fingerprint density at radius 1 is 1.29 bits per heavy atom. The van der Waals surface area contributed by atoms with Gasteiger partial charge in [0.15, 0.2) is 0 Å². The summed E-state index contributed by atoms with van der Waals surface area (Å²) in [5, 5.41) is 4.07. The molecule has 0 bridgehead atoms. The summed E-state index contributed by atoms with van der Waals surface area (Å²) >= 11 is 6.23. The van der Waals surface area contributed by atoms with Gasteiger partial charge in [0.25, 0.3) is 0 Å². The van der Waals surface area contributed by atoms with Crippen molar-refractivity contribution in [2.45, 2.75) is 25.7 Å². The summed E-state index contributed by atoms with van der Waals surface area (Å²) in [5.41, 5.74) is 1.21. The first-order chi connectivity index (χ1) is 8.29. The summed E-state index contributed by atoms with van der Waals surface area (Å²) in [6, 6.07) is 8.06. The second kappa shape index (κ2) is 8.51. The number of hydrogen-bond donors (Lipinski definition) is 1. The highest BCUT2D eigenvalue weighted by Crippen LogP contribution is 2.26. The van der Waals surface area contributed by atoms with Gasteiger partial charge in [0, 0.05) is 24.8 Å². The van der Waals surface area contributed by atoms with Crippen LogP contribution in [-0.4, -0.2) is 26.8 Å². The van der Waals surface area contributed by atoms with Crippen LogP contribution in [0.5, 0.6) is 0 Å². The molecule has 1 aromatic carbocycles. The molecule has 0 radical (unpaired) electrons. The predicted molar refractivity (Wildman–Crippen MR) is 73.8 cm³/mol. The lowest BCUT2D eigenvalue weighted by Gasteiger charge is -2.18. The average Bonchev–Trinajstić information content (AvgIpc) is 2.34. The Kier molecular flexibility index (Phi) is 7.25. The van der Waals surface area contributed by atoms with E-state index >= 15 is 0 Å². The molecular formula is C14H22ClNO. The van der Waals surface area contributed by atoms with Gasteiger partial charge < -0.3 is 10.1 Å². The second-order valence-electron chi connectivity index (χ2n) is 4.18. The van der Waals surface area contributed by atoms with Gasteiger partial charge >= 0.3 is 0 Å². The average molecular weight is 256 g/mol. The standard InChI is InChI=1S/C14H22ClNO/c1-3-9-17-10-8-12(11-16-2)13-6-4-5-7-14(13)15/h4-7,12,16H,3,8-11H2,1-2H3. The number of halogens is 1. The van der Waals surface area contributed by atoms with E-state index in [4.69, 9.17) is 16.3 Å². The third kappa shape index (κ3) is 5.07. The van der Waals surface area contributed by atoms with E-state index in [-0.39, 0.29) is 0 Å². The number of likely N-dealkylation sites (N-methyl/N-ethyl adjacent to an activating group) is 1. The fourth-order valence-electron chi connectivity index (χ4n) is 1.89. The third-order valence-corrected chi connectivity index (χ3v) is 3.10. The molecule has 1 atom stereocenters. The van der Waals surface area contributed by atoms with Gasteiger partial charge in [0.1, 0.15) is 0 Å². The maximum atomic E-state index is 6.23. The number of hydrogen-bond acceptors (Lipinski definition) is 2. The van der Waals surface area contributed by atoms with Gasteiger partial charge in [-0.15, -0.1) is 0 Å². The Labute approximate surface area is 109 Å². The molecule has 1 aromatic rings. The number of benzene rings is 1. The zero-order chi connectivity index (χ0) is 12.5. The summed E-state index contributed by atoms with van der Waals surface area (Å²) in [4.78, 5) is 0. The summed E-state index contributed by atoms with van der Waals surface area (Å²) in [7, 11) is 1.97. The van der Waals surface area contributed by atoms with Crippen molar-refractivity contribution in [1.29, 1.82) is 0 Å². The Morgan fingerprint density at radius 3 is 2.71 bits per heavy atom. The van der Waals surface area contributed by atoms with E-state index in [0.717, 1.165) is 37.6 Å². The SMILES string of the molecule is CCCOCCC(CNC)c1ccccc1Cl. The highest BCUT2D eigenvalue weighted by molar-refractivity contribution is 6.31. The minimum Gasteiger partial charge on any atom is -0.381 e. The maximum absolute atomic E-state index is 6.23. The van der Waals surface area contributed by atoms with Crippen molar-refractivity contribution in [2.24, 2.45) is 0 Å². The van der Waals surface area contributed by atoms with E-state index in [1.807, 2.05) is 25.2 Å². The van der Waals surface area contributed by atoms with Crippen LogP contribution in [0.15, 0.2) is 24.3 Å². The monoisotopic (exact) mass is 255 g/mol. The number of ether oxygens (including phenoxy) is 1. The summed E-state index contributed by atoms with van der Waals surface area (Å²) in [5.74, 6) is 0.422. The van der Waals surface area contributed by atoms with Crippen molar-refractivity contribution in [3.8, 4) is 0 Å². The van der Waals surface area contributed by atoms with E-state index in [0.29, 0.717) is 5.92 Å². The van der Waals surface area contributed by atoms with Crippen LogP contribution in [0.1, 0.15) is 31.2 Å². The van der Waals surface area contributed by atoms with Crippen LogP contribution in [0, 0.1) is 0 Å². The largest absolute Gasteiger partial charge is 0.381 e. The molecule has 0 aromatic heterocycles.